The van der Waals surface area contributed by atoms with Gasteiger partial charge in [0.25, 0.3) is 0 Å². The lowest BCUT2D eigenvalue weighted by atomic mass is 9.99. The van der Waals surface area contributed by atoms with Crippen LogP contribution in [-0.4, -0.2) is 11.8 Å². The van der Waals surface area contributed by atoms with Gasteiger partial charge in [-0.05, 0) is 29.9 Å². The molecule has 2 heteroatoms. The Kier molecular flexibility index (Phi) is 3.95. The van der Waals surface area contributed by atoms with Crippen LogP contribution in [0, 0.1) is 5.92 Å². The number of nitrogens with one attached hydrogen (secondary N) is 1. The van der Waals surface area contributed by atoms with Crippen molar-refractivity contribution in [1.29, 1.82) is 0 Å². The van der Waals surface area contributed by atoms with Crippen LogP contribution in [0.1, 0.15) is 49.8 Å². The minimum absolute atomic E-state index is 0.573. The molecule has 1 heterocycles. The summed E-state index contributed by atoms with van der Waals surface area (Å²) >= 11 is 2.07. The average molecular weight is 261 g/mol. The largest absolute Gasteiger partial charge is 0.306 e. The Morgan fingerprint density at radius 3 is 2.94 bits per heavy atom. The maximum atomic E-state index is 3.91. The Bertz CT molecular complexity index is 400. The maximum Gasteiger partial charge on any atom is 0.0417 e. The highest BCUT2D eigenvalue weighted by Gasteiger charge is 2.27. The maximum absolute atomic E-state index is 3.91. The molecule has 1 aromatic carbocycles. The molecule has 0 aromatic heterocycles. The molecule has 0 radical (unpaired) electrons. The quantitative estimate of drug-likeness (QED) is 0.855. The molecular formula is C16H23NS. The predicted octanol–water partition coefficient (Wildman–Crippen LogP) is 4.14. The lowest BCUT2D eigenvalue weighted by Crippen LogP contribution is -2.35. The lowest BCUT2D eigenvalue weighted by molar-refractivity contribution is 0.405. The third-order valence-electron chi connectivity index (χ3n) is 4.22. The second-order valence-electron chi connectivity index (χ2n) is 5.72. The Balaban J connectivity index is 1.68. The molecule has 2 atom stereocenters. The van der Waals surface area contributed by atoms with Crippen molar-refractivity contribution in [3.8, 4) is 0 Å². The van der Waals surface area contributed by atoms with Crippen molar-refractivity contribution in [2.24, 2.45) is 5.92 Å². The average Bonchev–Trinajstić information content (AvgIpc) is 3.22. The molecule has 2 aliphatic rings. The van der Waals surface area contributed by atoms with Gasteiger partial charge in [0.05, 0.1) is 0 Å². The van der Waals surface area contributed by atoms with Gasteiger partial charge in [0.15, 0.2) is 0 Å². The highest BCUT2D eigenvalue weighted by atomic mass is 32.2. The molecule has 0 saturated heterocycles. The van der Waals surface area contributed by atoms with Crippen molar-refractivity contribution < 1.29 is 0 Å². The lowest BCUT2D eigenvalue weighted by Gasteiger charge is -2.30. The standard InChI is InChI=1S/C16H23NS/c1-2-14(9-12-7-8-12)17-16-11-18-10-13-5-3-4-6-15(13)16/h3-6,12,14,16-17H,2,7-11H2,1H3. The van der Waals surface area contributed by atoms with E-state index in [0.29, 0.717) is 12.1 Å². The van der Waals surface area contributed by atoms with Crippen LogP contribution >= 0.6 is 11.8 Å². The van der Waals surface area contributed by atoms with E-state index in [1.54, 1.807) is 5.56 Å². The van der Waals surface area contributed by atoms with Crippen molar-refractivity contribution >= 4 is 11.8 Å². The van der Waals surface area contributed by atoms with Gasteiger partial charge in [-0.25, -0.2) is 0 Å². The third kappa shape index (κ3) is 2.92. The second-order valence-corrected chi connectivity index (χ2v) is 6.75. The van der Waals surface area contributed by atoms with E-state index in [2.05, 4.69) is 48.3 Å². The van der Waals surface area contributed by atoms with Crippen molar-refractivity contribution in [2.45, 2.75) is 50.4 Å². The molecule has 0 amide bonds. The van der Waals surface area contributed by atoms with E-state index in [9.17, 15) is 0 Å². The van der Waals surface area contributed by atoms with Crippen LogP contribution in [-0.2, 0) is 5.75 Å². The SMILES string of the molecule is CCC(CC1CC1)NC1CSCc2ccccc21. The van der Waals surface area contributed by atoms with Crippen molar-refractivity contribution in [3.63, 3.8) is 0 Å². The second kappa shape index (κ2) is 5.66. The number of rotatable bonds is 5. The topological polar surface area (TPSA) is 12.0 Å². The number of fused-ring (bicyclic) bond motifs is 1. The normalized spacial score (nSPS) is 24.6. The van der Waals surface area contributed by atoms with E-state index in [-0.39, 0.29) is 0 Å². The van der Waals surface area contributed by atoms with Gasteiger partial charge in [-0.2, -0.15) is 11.8 Å². The molecule has 1 aliphatic heterocycles. The molecule has 1 aliphatic carbocycles. The monoisotopic (exact) mass is 261 g/mol. The summed E-state index contributed by atoms with van der Waals surface area (Å²) in [6, 6.07) is 10.3. The van der Waals surface area contributed by atoms with Crippen LogP contribution in [0.2, 0.25) is 0 Å². The van der Waals surface area contributed by atoms with Gasteiger partial charge in [0, 0.05) is 23.6 Å². The van der Waals surface area contributed by atoms with Crippen LogP contribution < -0.4 is 5.32 Å². The highest BCUT2D eigenvalue weighted by Crippen LogP contribution is 2.36. The van der Waals surface area contributed by atoms with Gasteiger partial charge >= 0.3 is 0 Å². The van der Waals surface area contributed by atoms with E-state index in [4.69, 9.17) is 0 Å². The molecule has 0 spiro atoms. The molecule has 2 unspecified atom stereocenters. The molecule has 0 bridgehead atoms. The summed E-state index contributed by atoms with van der Waals surface area (Å²) in [5, 5.41) is 3.91. The number of benzene rings is 1. The minimum Gasteiger partial charge on any atom is -0.306 e. The molecule has 18 heavy (non-hydrogen) atoms. The Hall–Kier alpha value is -0.470. The minimum atomic E-state index is 0.573. The first kappa shape index (κ1) is 12.6. The van der Waals surface area contributed by atoms with E-state index in [0.717, 1.165) is 5.92 Å². The van der Waals surface area contributed by atoms with Crippen molar-refractivity contribution in [3.05, 3.63) is 35.4 Å². The van der Waals surface area contributed by atoms with Crippen molar-refractivity contribution in [1.82, 2.24) is 5.32 Å². The summed E-state index contributed by atoms with van der Waals surface area (Å²) in [4.78, 5) is 0. The molecule has 1 nitrogen and oxygen atoms in total. The van der Waals surface area contributed by atoms with Gasteiger partial charge in [0.2, 0.25) is 0 Å². The van der Waals surface area contributed by atoms with Crippen LogP contribution in [0.4, 0.5) is 0 Å². The van der Waals surface area contributed by atoms with E-state index < -0.39 is 0 Å². The summed E-state index contributed by atoms with van der Waals surface area (Å²) < 4.78 is 0. The fourth-order valence-electron chi connectivity index (χ4n) is 2.91. The molecular weight excluding hydrogens is 238 g/mol. The molecule has 1 N–H and O–H groups in total. The van der Waals surface area contributed by atoms with Gasteiger partial charge in [0.1, 0.15) is 0 Å². The number of hydrogen-bond acceptors (Lipinski definition) is 2. The van der Waals surface area contributed by atoms with E-state index in [1.807, 2.05) is 0 Å². The molecule has 3 rings (SSSR count). The number of hydrogen-bond donors (Lipinski definition) is 1. The Morgan fingerprint density at radius 1 is 1.33 bits per heavy atom. The Morgan fingerprint density at radius 2 is 2.17 bits per heavy atom. The molecule has 98 valence electrons. The van der Waals surface area contributed by atoms with Crippen LogP contribution in [0.3, 0.4) is 0 Å². The number of thioether (sulfide) groups is 1. The smallest absolute Gasteiger partial charge is 0.0417 e. The summed E-state index contributed by atoms with van der Waals surface area (Å²) in [6.07, 6.45) is 5.59. The fourth-order valence-corrected chi connectivity index (χ4v) is 4.03. The van der Waals surface area contributed by atoms with Crippen LogP contribution in [0.15, 0.2) is 24.3 Å². The summed E-state index contributed by atoms with van der Waals surface area (Å²) in [6.45, 7) is 2.32. The Labute approximate surface area is 115 Å². The van der Waals surface area contributed by atoms with Crippen LogP contribution in [0.5, 0.6) is 0 Å². The zero-order chi connectivity index (χ0) is 12.4. The van der Waals surface area contributed by atoms with Gasteiger partial charge in [-0.3, -0.25) is 0 Å². The molecule has 1 fully saturated rings. The molecule has 1 saturated carbocycles. The van der Waals surface area contributed by atoms with Gasteiger partial charge in [-0.15, -0.1) is 0 Å². The fraction of sp³-hybridized carbons (Fsp3) is 0.625. The summed E-state index contributed by atoms with van der Waals surface area (Å²) in [5.41, 5.74) is 3.08. The first-order chi connectivity index (χ1) is 8.86. The van der Waals surface area contributed by atoms with Gasteiger partial charge < -0.3 is 5.32 Å². The zero-order valence-corrected chi connectivity index (χ0v) is 12.0. The predicted molar refractivity (Wildman–Crippen MR) is 79.9 cm³/mol. The highest BCUT2D eigenvalue weighted by molar-refractivity contribution is 7.98. The summed E-state index contributed by atoms with van der Waals surface area (Å²) in [7, 11) is 0. The first-order valence-corrected chi connectivity index (χ1v) is 8.44. The zero-order valence-electron chi connectivity index (χ0n) is 11.2. The molecule has 1 aromatic rings. The van der Waals surface area contributed by atoms with Gasteiger partial charge in [-0.1, -0.05) is 44.0 Å². The van der Waals surface area contributed by atoms with Crippen molar-refractivity contribution in [2.75, 3.05) is 5.75 Å². The van der Waals surface area contributed by atoms with E-state index >= 15 is 0 Å². The van der Waals surface area contributed by atoms with E-state index in [1.165, 1.54) is 42.8 Å². The summed E-state index contributed by atoms with van der Waals surface area (Å²) in [5.74, 6) is 3.44. The third-order valence-corrected chi connectivity index (χ3v) is 5.30. The van der Waals surface area contributed by atoms with Crippen LogP contribution in [0.25, 0.3) is 0 Å². The first-order valence-electron chi connectivity index (χ1n) is 7.28.